The number of nitrogens with one attached hydrogen (secondary N) is 1. The maximum Gasteiger partial charge on any atom is 0.223 e. The minimum atomic E-state index is 0.561. The fourth-order valence-corrected chi connectivity index (χ4v) is 1.88. The van der Waals surface area contributed by atoms with Crippen molar-refractivity contribution >= 4 is 0 Å². The summed E-state index contributed by atoms with van der Waals surface area (Å²) in [6, 6.07) is 10.6. The summed E-state index contributed by atoms with van der Waals surface area (Å²) < 4.78 is 4.91. The Balaban J connectivity index is 1.69. The van der Waals surface area contributed by atoms with Gasteiger partial charge in [0.15, 0.2) is 5.82 Å². The van der Waals surface area contributed by atoms with Gasteiger partial charge in [-0.15, -0.1) is 0 Å². The van der Waals surface area contributed by atoms with E-state index in [1.54, 1.807) is 6.92 Å². The topological polar surface area (TPSA) is 51.0 Å². The van der Waals surface area contributed by atoms with Gasteiger partial charge in [0.25, 0.3) is 0 Å². The van der Waals surface area contributed by atoms with Gasteiger partial charge in [-0.1, -0.05) is 42.4 Å². The lowest BCUT2D eigenvalue weighted by atomic mass is 9.98. The molecule has 96 valence electrons. The Labute approximate surface area is 107 Å². The third-order valence-electron chi connectivity index (χ3n) is 2.98. The van der Waals surface area contributed by atoms with E-state index in [1.165, 1.54) is 5.56 Å². The third kappa shape index (κ3) is 3.67. The van der Waals surface area contributed by atoms with E-state index in [0.717, 1.165) is 18.8 Å². The molecular formula is C14H19N3O. The van der Waals surface area contributed by atoms with Gasteiger partial charge in [-0.2, -0.15) is 4.98 Å². The van der Waals surface area contributed by atoms with Crippen LogP contribution >= 0.6 is 0 Å². The summed E-state index contributed by atoms with van der Waals surface area (Å²) in [6.45, 7) is 5.66. The van der Waals surface area contributed by atoms with Crippen molar-refractivity contribution in [2.75, 3.05) is 6.54 Å². The lowest BCUT2D eigenvalue weighted by Gasteiger charge is -2.11. The van der Waals surface area contributed by atoms with Crippen LogP contribution in [0.5, 0.6) is 0 Å². The predicted octanol–water partition coefficient (Wildman–Crippen LogP) is 2.66. The van der Waals surface area contributed by atoms with Gasteiger partial charge in [0.1, 0.15) is 0 Å². The number of aryl methyl sites for hydroxylation is 1. The molecule has 4 nitrogen and oxygen atoms in total. The van der Waals surface area contributed by atoms with E-state index in [4.69, 9.17) is 4.52 Å². The van der Waals surface area contributed by atoms with Crippen LogP contribution < -0.4 is 5.32 Å². The molecule has 1 atom stereocenters. The highest BCUT2D eigenvalue weighted by Crippen LogP contribution is 2.17. The Morgan fingerprint density at radius 3 is 2.72 bits per heavy atom. The lowest BCUT2D eigenvalue weighted by Crippen LogP contribution is -2.17. The first-order valence-electron chi connectivity index (χ1n) is 6.30. The Morgan fingerprint density at radius 1 is 1.28 bits per heavy atom. The second-order valence-corrected chi connectivity index (χ2v) is 4.51. The normalized spacial score (nSPS) is 12.6. The van der Waals surface area contributed by atoms with Gasteiger partial charge in [0.05, 0.1) is 6.54 Å². The highest BCUT2D eigenvalue weighted by Gasteiger charge is 2.05. The molecule has 1 aromatic carbocycles. The molecule has 2 aromatic rings. The molecule has 4 heteroatoms. The Morgan fingerprint density at radius 2 is 2.06 bits per heavy atom. The van der Waals surface area contributed by atoms with Gasteiger partial charge in [-0.25, -0.2) is 0 Å². The molecule has 0 bridgehead atoms. The predicted molar refractivity (Wildman–Crippen MR) is 70.2 cm³/mol. The summed E-state index contributed by atoms with van der Waals surface area (Å²) >= 11 is 0. The third-order valence-corrected chi connectivity index (χ3v) is 2.98. The quantitative estimate of drug-likeness (QED) is 0.795. The van der Waals surface area contributed by atoms with Gasteiger partial charge in [-0.05, 0) is 24.4 Å². The van der Waals surface area contributed by atoms with Crippen LogP contribution in [0.2, 0.25) is 0 Å². The molecule has 18 heavy (non-hydrogen) atoms. The Hall–Kier alpha value is -1.68. The summed E-state index contributed by atoms with van der Waals surface area (Å²) in [7, 11) is 0. The van der Waals surface area contributed by atoms with E-state index in [-0.39, 0.29) is 0 Å². The first-order valence-corrected chi connectivity index (χ1v) is 6.30. The number of benzene rings is 1. The molecule has 0 spiro atoms. The summed E-state index contributed by atoms with van der Waals surface area (Å²) in [5, 5.41) is 7.17. The van der Waals surface area contributed by atoms with Crippen LogP contribution in [-0.4, -0.2) is 16.7 Å². The standard InChI is InChI=1S/C14H19N3O/c1-11(13-6-4-3-5-7-13)8-9-15-10-14-16-12(2)18-17-14/h3-7,11,15H,8-10H2,1-2H3. The fraction of sp³-hybridized carbons (Fsp3) is 0.429. The lowest BCUT2D eigenvalue weighted by molar-refractivity contribution is 0.385. The van der Waals surface area contributed by atoms with E-state index in [0.29, 0.717) is 18.4 Å². The van der Waals surface area contributed by atoms with Crippen LogP contribution in [0, 0.1) is 6.92 Å². The second kappa shape index (κ2) is 6.31. The molecular weight excluding hydrogens is 226 g/mol. The van der Waals surface area contributed by atoms with Gasteiger partial charge >= 0.3 is 0 Å². The molecule has 0 radical (unpaired) electrons. The van der Waals surface area contributed by atoms with Crippen LogP contribution in [0.25, 0.3) is 0 Å². The van der Waals surface area contributed by atoms with E-state index < -0.39 is 0 Å². The largest absolute Gasteiger partial charge is 0.340 e. The highest BCUT2D eigenvalue weighted by atomic mass is 16.5. The molecule has 0 fully saturated rings. The number of hydrogen-bond donors (Lipinski definition) is 1. The van der Waals surface area contributed by atoms with Crippen LogP contribution in [0.15, 0.2) is 34.9 Å². The molecule has 2 rings (SSSR count). The van der Waals surface area contributed by atoms with Crippen molar-refractivity contribution in [2.24, 2.45) is 0 Å². The molecule has 0 aliphatic carbocycles. The van der Waals surface area contributed by atoms with Crippen LogP contribution in [0.1, 0.15) is 36.5 Å². The summed E-state index contributed by atoms with van der Waals surface area (Å²) in [5.41, 5.74) is 1.38. The zero-order valence-corrected chi connectivity index (χ0v) is 10.9. The minimum absolute atomic E-state index is 0.561. The molecule has 0 aliphatic rings. The Kier molecular flexibility index (Phi) is 4.47. The number of hydrogen-bond acceptors (Lipinski definition) is 4. The molecule has 1 unspecified atom stereocenters. The van der Waals surface area contributed by atoms with E-state index in [9.17, 15) is 0 Å². The first kappa shape index (κ1) is 12.8. The van der Waals surface area contributed by atoms with Gasteiger partial charge in [0, 0.05) is 6.92 Å². The van der Waals surface area contributed by atoms with Gasteiger partial charge < -0.3 is 9.84 Å². The minimum Gasteiger partial charge on any atom is -0.340 e. The van der Waals surface area contributed by atoms with Crippen LogP contribution in [-0.2, 0) is 6.54 Å². The zero-order valence-electron chi connectivity index (χ0n) is 10.9. The van der Waals surface area contributed by atoms with Crippen LogP contribution in [0.4, 0.5) is 0 Å². The van der Waals surface area contributed by atoms with Crippen molar-refractivity contribution in [3.05, 3.63) is 47.6 Å². The molecule has 1 heterocycles. The van der Waals surface area contributed by atoms with Crippen LogP contribution in [0.3, 0.4) is 0 Å². The van der Waals surface area contributed by atoms with Crippen molar-refractivity contribution in [1.82, 2.24) is 15.5 Å². The van der Waals surface area contributed by atoms with Gasteiger partial charge in [0.2, 0.25) is 5.89 Å². The molecule has 1 aromatic heterocycles. The molecule has 1 N–H and O–H groups in total. The SMILES string of the molecule is Cc1nc(CNCCC(C)c2ccccc2)no1. The average Bonchev–Trinajstić information content (AvgIpc) is 2.81. The van der Waals surface area contributed by atoms with E-state index >= 15 is 0 Å². The maximum absolute atomic E-state index is 4.91. The number of nitrogens with zero attached hydrogens (tertiary/aromatic N) is 2. The molecule has 0 saturated heterocycles. The van der Waals surface area contributed by atoms with Crippen molar-refractivity contribution in [1.29, 1.82) is 0 Å². The average molecular weight is 245 g/mol. The molecule has 0 amide bonds. The Bertz CT molecular complexity index is 467. The second-order valence-electron chi connectivity index (χ2n) is 4.51. The monoisotopic (exact) mass is 245 g/mol. The maximum atomic E-state index is 4.91. The summed E-state index contributed by atoms with van der Waals surface area (Å²) in [6.07, 6.45) is 1.10. The van der Waals surface area contributed by atoms with Gasteiger partial charge in [-0.3, -0.25) is 0 Å². The smallest absolute Gasteiger partial charge is 0.223 e. The van der Waals surface area contributed by atoms with Crippen molar-refractivity contribution in [3.8, 4) is 0 Å². The number of aromatic nitrogens is 2. The molecule has 0 aliphatic heterocycles. The van der Waals surface area contributed by atoms with Crippen molar-refractivity contribution < 1.29 is 4.52 Å². The molecule has 0 saturated carbocycles. The highest BCUT2D eigenvalue weighted by molar-refractivity contribution is 5.18. The van der Waals surface area contributed by atoms with Crippen molar-refractivity contribution in [2.45, 2.75) is 32.7 Å². The zero-order chi connectivity index (χ0) is 12.8. The summed E-state index contributed by atoms with van der Waals surface area (Å²) in [5.74, 6) is 1.90. The first-order chi connectivity index (χ1) is 8.75. The fourth-order valence-electron chi connectivity index (χ4n) is 1.88. The van der Waals surface area contributed by atoms with Crippen molar-refractivity contribution in [3.63, 3.8) is 0 Å². The number of rotatable bonds is 6. The van der Waals surface area contributed by atoms with E-state index in [2.05, 4.69) is 46.6 Å². The van der Waals surface area contributed by atoms with E-state index in [1.807, 2.05) is 6.07 Å². The summed E-state index contributed by atoms with van der Waals surface area (Å²) in [4.78, 5) is 4.15.